The number of aromatic nitrogens is 1. The molecule has 1 aliphatic rings. The molecule has 1 aliphatic carbocycles. The van der Waals surface area contributed by atoms with E-state index in [0.717, 1.165) is 24.0 Å². The summed E-state index contributed by atoms with van der Waals surface area (Å²) in [5, 5.41) is 25.3. The summed E-state index contributed by atoms with van der Waals surface area (Å²) in [4.78, 5) is 17.2. The van der Waals surface area contributed by atoms with Gasteiger partial charge in [0.15, 0.2) is 0 Å². The lowest BCUT2D eigenvalue weighted by atomic mass is 9.80. The Morgan fingerprint density at radius 1 is 1.16 bits per heavy atom. The monoisotopic (exact) mass is 412 g/mol. The number of anilines is 1. The molecule has 1 heterocycles. The topological polar surface area (TPSA) is 98.0 Å². The molecule has 0 aliphatic heterocycles. The molecule has 0 bridgehead atoms. The number of nitrogens with one attached hydrogen (secondary N) is 2. The Hall–Kier alpha value is -3.69. The summed E-state index contributed by atoms with van der Waals surface area (Å²) in [5.41, 5.74) is 4.24. The highest BCUT2D eigenvalue weighted by Crippen LogP contribution is 2.34. The minimum atomic E-state index is -0.212. The summed E-state index contributed by atoms with van der Waals surface area (Å²) >= 11 is 0. The van der Waals surface area contributed by atoms with E-state index >= 15 is 0 Å². The van der Waals surface area contributed by atoms with E-state index in [1.54, 1.807) is 24.4 Å². The van der Waals surface area contributed by atoms with Crippen LogP contribution in [0.5, 0.6) is 0 Å². The molecule has 4 rings (SSSR count). The highest BCUT2D eigenvalue weighted by Gasteiger charge is 2.30. The normalized spacial score (nSPS) is 17.3. The molecule has 0 radical (unpaired) electrons. The molecule has 6 nitrogen and oxygen atoms in total. The number of hydrogen-bond donors (Lipinski definition) is 3. The van der Waals surface area contributed by atoms with Crippen molar-refractivity contribution in [3.8, 4) is 6.07 Å². The lowest BCUT2D eigenvalue weighted by Crippen LogP contribution is -2.37. The summed E-state index contributed by atoms with van der Waals surface area (Å²) in [5.74, 6) is 0.347. The maximum atomic E-state index is 13.0. The van der Waals surface area contributed by atoms with E-state index in [2.05, 4.69) is 27.8 Å². The summed E-state index contributed by atoms with van der Waals surface area (Å²) < 4.78 is 0. The van der Waals surface area contributed by atoms with Crippen LogP contribution in [-0.2, 0) is 13.0 Å². The molecule has 1 amide bonds. The number of carbonyl (C=O) groups is 1. The fourth-order valence-corrected chi connectivity index (χ4v) is 4.09. The summed E-state index contributed by atoms with van der Waals surface area (Å²) in [6.45, 7) is 0.479. The zero-order chi connectivity index (χ0) is 21.6. The molecule has 2 aromatic carbocycles. The Kier molecular flexibility index (Phi) is 6.25. The van der Waals surface area contributed by atoms with Crippen molar-refractivity contribution in [2.24, 2.45) is 5.92 Å². The van der Waals surface area contributed by atoms with Crippen molar-refractivity contribution < 1.29 is 9.90 Å². The number of aryl methyl sites for hydroxylation is 1. The first-order chi connectivity index (χ1) is 15.2. The van der Waals surface area contributed by atoms with Gasteiger partial charge in [-0.25, -0.2) is 4.98 Å². The van der Waals surface area contributed by atoms with E-state index in [-0.39, 0.29) is 24.5 Å². The second kappa shape index (κ2) is 9.41. The molecule has 156 valence electrons. The lowest BCUT2D eigenvalue weighted by Gasteiger charge is -2.33. The summed E-state index contributed by atoms with van der Waals surface area (Å²) in [7, 11) is 0. The van der Waals surface area contributed by atoms with Gasteiger partial charge in [-0.2, -0.15) is 5.26 Å². The molecule has 0 saturated carbocycles. The van der Waals surface area contributed by atoms with Gasteiger partial charge in [0.25, 0.3) is 5.91 Å². The van der Waals surface area contributed by atoms with Gasteiger partial charge < -0.3 is 15.7 Å². The van der Waals surface area contributed by atoms with Crippen molar-refractivity contribution in [3.05, 3.63) is 94.7 Å². The van der Waals surface area contributed by atoms with E-state index in [1.807, 2.05) is 36.4 Å². The van der Waals surface area contributed by atoms with Crippen LogP contribution >= 0.6 is 0 Å². The van der Waals surface area contributed by atoms with Gasteiger partial charge in [0.1, 0.15) is 11.9 Å². The molecule has 0 saturated heterocycles. The van der Waals surface area contributed by atoms with Gasteiger partial charge in [-0.05, 0) is 53.8 Å². The largest absolute Gasteiger partial charge is 0.396 e. The number of nitriles is 1. The minimum absolute atomic E-state index is 0.00254. The van der Waals surface area contributed by atoms with Crippen molar-refractivity contribution in [2.45, 2.75) is 25.4 Å². The second-order valence-electron chi connectivity index (χ2n) is 7.70. The molecule has 6 heteroatoms. The van der Waals surface area contributed by atoms with Crippen molar-refractivity contribution >= 4 is 11.7 Å². The number of carbonyl (C=O) groups excluding carboxylic acids is 1. The van der Waals surface area contributed by atoms with Crippen LogP contribution in [0.4, 0.5) is 5.82 Å². The standard InChI is InChI=1S/C25H24N4O2/c26-14-20-8-4-12-27-24(20)28-15-17-5-3-7-19(13-17)25(31)29-23-21(16-30)11-10-18-6-1-2-9-22(18)23/h1-9,12-13,21,23,30H,10-11,15-16H2,(H,27,28)(H,29,31)/t21-,23+/m0/s1. The molecular weight excluding hydrogens is 388 g/mol. The van der Waals surface area contributed by atoms with Crippen LogP contribution in [-0.4, -0.2) is 22.6 Å². The quantitative estimate of drug-likeness (QED) is 0.575. The van der Waals surface area contributed by atoms with Crippen LogP contribution in [0.2, 0.25) is 0 Å². The molecule has 0 fully saturated rings. The average molecular weight is 412 g/mol. The van der Waals surface area contributed by atoms with Crippen LogP contribution < -0.4 is 10.6 Å². The summed E-state index contributed by atoms with van der Waals surface area (Å²) in [6, 6.07) is 20.8. The predicted octanol–water partition coefficient (Wildman–Crippen LogP) is 3.59. The van der Waals surface area contributed by atoms with Crippen molar-refractivity contribution in [3.63, 3.8) is 0 Å². The van der Waals surface area contributed by atoms with Gasteiger partial charge in [0.2, 0.25) is 0 Å². The first-order valence-electron chi connectivity index (χ1n) is 10.4. The van der Waals surface area contributed by atoms with Gasteiger partial charge in [0, 0.05) is 30.8 Å². The SMILES string of the molecule is N#Cc1cccnc1NCc1cccc(C(=O)N[C@H]2c3ccccc3CC[C@H]2CO)c1. The fourth-order valence-electron chi connectivity index (χ4n) is 4.09. The molecule has 0 spiro atoms. The van der Waals surface area contributed by atoms with Crippen LogP contribution in [0.25, 0.3) is 0 Å². The van der Waals surface area contributed by atoms with Crippen LogP contribution in [0.3, 0.4) is 0 Å². The number of hydrogen-bond acceptors (Lipinski definition) is 5. The summed E-state index contributed by atoms with van der Waals surface area (Å²) in [6.07, 6.45) is 3.38. The van der Waals surface area contributed by atoms with Crippen molar-refractivity contribution in [2.75, 3.05) is 11.9 Å². The number of benzene rings is 2. The molecule has 3 N–H and O–H groups in total. The third-order valence-corrected chi connectivity index (χ3v) is 5.74. The van der Waals surface area contributed by atoms with Gasteiger partial charge >= 0.3 is 0 Å². The number of pyridine rings is 1. The van der Waals surface area contributed by atoms with Crippen LogP contribution in [0, 0.1) is 17.2 Å². The lowest BCUT2D eigenvalue weighted by molar-refractivity contribution is 0.0893. The van der Waals surface area contributed by atoms with Gasteiger partial charge in [0.05, 0.1) is 11.6 Å². The fraction of sp³-hybridized carbons (Fsp3) is 0.240. The van der Waals surface area contributed by atoms with E-state index in [9.17, 15) is 15.2 Å². The van der Waals surface area contributed by atoms with E-state index in [4.69, 9.17) is 0 Å². The van der Waals surface area contributed by atoms with Gasteiger partial charge in [-0.3, -0.25) is 4.79 Å². The van der Waals surface area contributed by atoms with E-state index < -0.39 is 0 Å². The molecule has 2 atom stereocenters. The van der Waals surface area contributed by atoms with E-state index in [1.165, 1.54) is 5.56 Å². The van der Waals surface area contributed by atoms with Crippen LogP contribution in [0.1, 0.15) is 45.1 Å². The highest BCUT2D eigenvalue weighted by molar-refractivity contribution is 5.94. The number of rotatable bonds is 6. The number of nitrogens with zero attached hydrogens (tertiary/aromatic N) is 2. The second-order valence-corrected chi connectivity index (χ2v) is 7.70. The Labute approximate surface area is 181 Å². The third-order valence-electron chi connectivity index (χ3n) is 5.74. The number of amides is 1. The smallest absolute Gasteiger partial charge is 0.251 e. The maximum absolute atomic E-state index is 13.0. The number of fused-ring (bicyclic) bond motifs is 1. The van der Waals surface area contributed by atoms with Gasteiger partial charge in [-0.15, -0.1) is 0 Å². The predicted molar refractivity (Wildman–Crippen MR) is 118 cm³/mol. The first-order valence-corrected chi connectivity index (χ1v) is 10.4. The average Bonchev–Trinajstić information content (AvgIpc) is 2.83. The molecule has 31 heavy (non-hydrogen) atoms. The van der Waals surface area contributed by atoms with E-state index in [0.29, 0.717) is 23.5 Å². The maximum Gasteiger partial charge on any atom is 0.251 e. The zero-order valence-corrected chi connectivity index (χ0v) is 17.1. The molecule has 0 unspecified atom stereocenters. The van der Waals surface area contributed by atoms with Crippen LogP contribution in [0.15, 0.2) is 66.9 Å². The van der Waals surface area contributed by atoms with Gasteiger partial charge in [-0.1, -0.05) is 36.4 Å². The van der Waals surface area contributed by atoms with Crippen molar-refractivity contribution in [1.82, 2.24) is 10.3 Å². The molecule has 3 aromatic rings. The zero-order valence-electron chi connectivity index (χ0n) is 17.1. The molecular formula is C25H24N4O2. The Morgan fingerprint density at radius 3 is 2.87 bits per heavy atom. The third kappa shape index (κ3) is 4.57. The Morgan fingerprint density at radius 2 is 2.03 bits per heavy atom. The molecule has 1 aromatic heterocycles. The Balaban J connectivity index is 1.49. The highest BCUT2D eigenvalue weighted by atomic mass is 16.3. The minimum Gasteiger partial charge on any atom is -0.396 e. The van der Waals surface area contributed by atoms with Crippen molar-refractivity contribution in [1.29, 1.82) is 5.26 Å². The Bertz CT molecular complexity index is 1120. The first kappa shape index (κ1) is 20.6. The number of aliphatic hydroxyl groups excluding tert-OH is 1. The number of aliphatic hydroxyl groups is 1.